The maximum atomic E-state index is 14.1. The molecule has 5 amide bonds. The van der Waals surface area contributed by atoms with Crippen LogP contribution >= 0.6 is 22.9 Å². The lowest BCUT2D eigenvalue weighted by Crippen LogP contribution is -2.63. The van der Waals surface area contributed by atoms with E-state index in [4.69, 9.17) is 11.6 Å². The predicted molar refractivity (Wildman–Crippen MR) is 187 cm³/mol. The molecule has 1 aromatic heterocycles. The second-order valence-electron chi connectivity index (χ2n) is 14.1. The van der Waals surface area contributed by atoms with Crippen molar-refractivity contribution in [3.8, 4) is 0 Å². The zero-order chi connectivity index (χ0) is 35.2. The van der Waals surface area contributed by atoms with E-state index in [1.165, 1.54) is 37.3 Å². The quantitative estimate of drug-likeness (QED) is 0.377. The normalized spacial score (nSPS) is 25.3. The van der Waals surface area contributed by atoms with Crippen LogP contribution in [-0.2, 0) is 23.9 Å². The Morgan fingerprint density at radius 1 is 1.02 bits per heavy atom. The number of hydrogen-bond acceptors (Lipinski definition) is 7. The lowest BCUT2D eigenvalue weighted by molar-refractivity contribution is -0.137. The standard InChI is InChI=1S/C34H44ClF3N8O3S/c1-39-29-25(34(36,37)38)16-21(17-26(29)35)18-27(31(47)44-13-11-43(12-14-44)28-20-42-7-2-22(28)3-8-42)40-32(48)45-9-4-24(5-10-45)46-19-23-6-15-50-30(23)41-33(46)49/h6,15-17,22,24,27-28,39H,2-5,7-14,18-20H2,1H3,(H,40,48)(H,41,49)/t27-,28?/m1/s1. The average Bonchev–Trinajstić information content (AvgIpc) is 3.58. The van der Waals surface area contributed by atoms with Gasteiger partial charge in [0.25, 0.3) is 0 Å². The number of amides is 5. The molecule has 5 fully saturated rings. The van der Waals surface area contributed by atoms with Gasteiger partial charge in [0.05, 0.1) is 22.8 Å². The summed E-state index contributed by atoms with van der Waals surface area (Å²) < 4.78 is 42.1. The van der Waals surface area contributed by atoms with Crippen molar-refractivity contribution in [2.24, 2.45) is 5.92 Å². The molecule has 0 radical (unpaired) electrons. The number of carbonyl (C=O) groups excluding carboxylic acids is 3. The summed E-state index contributed by atoms with van der Waals surface area (Å²) in [5.41, 5.74) is 0.106. The molecule has 0 spiro atoms. The van der Waals surface area contributed by atoms with E-state index in [0.29, 0.717) is 70.6 Å². The Labute approximate surface area is 299 Å². The number of thiophene rings is 1. The number of nitrogens with zero attached hydrogens (tertiary/aromatic N) is 5. The molecule has 0 aliphatic carbocycles. The number of alkyl halides is 3. The van der Waals surface area contributed by atoms with Gasteiger partial charge in [-0.3, -0.25) is 15.0 Å². The zero-order valence-electron chi connectivity index (χ0n) is 28.1. The SMILES string of the molecule is CNc1c(Cl)cc(C[C@@H](NC(=O)N2CCC(N3Cc4ccsc4NC3=O)CC2)C(=O)N2CCN(C3CN4CCC3CC4)CC2)cc1C(F)(F)F. The number of carbonyl (C=O) groups is 3. The third kappa shape index (κ3) is 7.24. The number of halogens is 4. The molecular formula is C34H44ClF3N8O3S. The topological polar surface area (TPSA) is 103 Å². The van der Waals surface area contributed by atoms with E-state index in [1.54, 1.807) is 9.80 Å². The molecule has 6 aliphatic rings. The van der Waals surface area contributed by atoms with Crippen molar-refractivity contribution in [2.45, 2.75) is 63.0 Å². The van der Waals surface area contributed by atoms with E-state index in [2.05, 4.69) is 25.8 Å². The first-order chi connectivity index (χ1) is 24.0. The summed E-state index contributed by atoms with van der Waals surface area (Å²) >= 11 is 7.80. The average molecular weight is 737 g/mol. The van der Waals surface area contributed by atoms with E-state index >= 15 is 0 Å². The lowest BCUT2D eigenvalue weighted by atomic mass is 9.83. The van der Waals surface area contributed by atoms with Gasteiger partial charge in [-0.25, -0.2) is 9.59 Å². The van der Waals surface area contributed by atoms with Crippen LogP contribution < -0.4 is 16.0 Å². The number of urea groups is 2. The number of fused-ring (bicyclic) bond motifs is 4. The first kappa shape index (κ1) is 35.1. The van der Waals surface area contributed by atoms with Gasteiger partial charge in [-0.2, -0.15) is 13.2 Å². The minimum Gasteiger partial charge on any atom is -0.386 e. The fourth-order valence-electron chi connectivity index (χ4n) is 8.45. The molecule has 2 atom stereocenters. The van der Waals surface area contributed by atoms with Gasteiger partial charge in [0.15, 0.2) is 0 Å². The number of piperazine rings is 1. The number of rotatable bonds is 7. The van der Waals surface area contributed by atoms with E-state index in [9.17, 15) is 27.6 Å². The molecule has 2 bridgehead atoms. The Hall–Kier alpha value is -3.27. The summed E-state index contributed by atoms with van der Waals surface area (Å²) in [5, 5.41) is 11.1. The van der Waals surface area contributed by atoms with Crippen LogP contribution in [0.1, 0.15) is 42.4 Å². The minimum atomic E-state index is -4.67. The van der Waals surface area contributed by atoms with Gasteiger partial charge in [0.1, 0.15) is 11.0 Å². The first-order valence-corrected chi connectivity index (χ1v) is 18.8. The minimum absolute atomic E-state index is 0.0503. The van der Waals surface area contributed by atoms with Crippen molar-refractivity contribution in [1.82, 2.24) is 29.8 Å². The van der Waals surface area contributed by atoms with Crippen molar-refractivity contribution < 1.29 is 27.6 Å². The third-order valence-corrected chi connectivity index (χ3v) is 12.4. The Kier molecular flexibility index (Phi) is 10.1. The van der Waals surface area contributed by atoms with Gasteiger partial charge in [0.2, 0.25) is 5.91 Å². The van der Waals surface area contributed by atoms with Crippen LogP contribution in [0.2, 0.25) is 5.02 Å². The highest BCUT2D eigenvalue weighted by atomic mass is 35.5. The first-order valence-electron chi connectivity index (χ1n) is 17.5. The van der Waals surface area contributed by atoms with Crippen LogP contribution in [-0.4, -0.2) is 127 Å². The maximum absolute atomic E-state index is 14.1. The smallest absolute Gasteiger partial charge is 0.386 e. The maximum Gasteiger partial charge on any atom is 0.418 e. The predicted octanol–water partition coefficient (Wildman–Crippen LogP) is 4.83. The van der Waals surface area contributed by atoms with Gasteiger partial charge in [-0.1, -0.05) is 11.6 Å². The fourth-order valence-corrected chi connectivity index (χ4v) is 9.58. The van der Waals surface area contributed by atoms with Crippen molar-refractivity contribution in [3.05, 3.63) is 45.3 Å². The second-order valence-corrected chi connectivity index (χ2v) is 15.4. The molecule has 2 aromatic rings. The summed E-state index contributed by atoms with van der Waals surface area (Å²) in [6.07, 6.45) is -1.29. The summed E-state index contributed by atoms with van der Waals surface area (Å²) in [5.74, 6) is 0.352. The van der Waals surface area contributed by atoms with E-state index in [0.717, 1.165) is 36.3 Å². The highest BCUT2D eigenvalue weighted by Crippen LogP contribution is 2.40. The van der Waals surface area contributed by atoms with Crippen LogP contribution in [0.3, 0.4) is 0 Å². The largest absolute Gasteiger partial charge is 0.418 e. The van der Waals surface area contributed by atoms with Crippen molar-refractivity contribution >= 4 is 51.6 Å². The Morgan fingerprint density at radius 3 is 2.38 bits per heavy atom. The molecule has 1 aromatic carbocycles. The molecule has 3 N–H and O–H groups in total. The molecule has 0 saturated carbocycles. The summed E-state index contributed by atoms with van der Waals surface area (Å²) in [6.45, 7) is 7.01. The van der Waals surface area contributed by atoms with Crippen LogP contribution in [0.4, 0.5) is 33.4 Å². The van der Waals surface area contributed by atoms with Gasteiger partial charge < -0.3 is 30.2 Å². The number of anilines is 2. The molecule has 8 rings (SSSR count). The molecule has 7 heterocycles. The molecule has 1 unspecified atom stereocenters. The number of benzene rings is 1. The molecule has 50 heavy (non-hydrogen) atoms. The van der Waals surface area contributed by atoms with Crippen molar-refractivity contribution in [2.75, 3.05) is 76.6 Å². The zero-order valence-corrected chi connectivity index (χ0v) is 29.7. The number of hydrogen-bond donors (Lipinski definition) is 3. The summed E-state index contributed by atoms with van der Waals surface area (Å²) in [4.78, 5) is 50.8. The Bertz CT molecular complexity index is 1590. The Morgan fingerprint density at radius 2 is 1.74 bits per heavy atom. The second kappa shape index (κ2) is 14.4. The number of nitrogens with one attached hydrogen (secondary N) is 3. The van der Waals surface area contributed by atoms with E-state index in [-0.39, 0.29) is 40.7 Å². The van der Waals surface area contributed by atoms with Gasteiger partial charge in [-0.05, 0) is 73.8 Å². The van der Waals surface area contributed by atoms with Crippen LogP contribution in [0.15, 0.2) is 23.6 Å². The van der Waals surface area contributed by atoms with Crippen LogP contribution in [0, 0.1) is 5.92 Å². The number of piperidine rings is 4. The fraction of sp³-hybridized carbons (Fsp3) is 0.618. The summed E-state index contributed by atoms with van der Waals surface area (Å²) in [7, 11) is 1.37. The van der Waals surface area contributed by atoms with Crippen LogP contribution in [0.25, 0.3) is 0 Å². The van der Waals surface area contributed by atoms with Gasteiger partial charge in [-0.15, -0.1) is 11.3 Å². The molecular weight excluding hydrogens is 693 g/mol. The Balaban J connectivity index is 1.04. The van der Waals surface area contributed by atoms with Gasteiger partial charge >= 0.3 is 18.2 Å². The highest BCUT2D eigenvalue weighted by molar-refractivity contribution is 7.14. The van der Waals surface area contributed by atoms with E-state index in [1.807, 2.05) is 16.3 Å². The lowest BCUT2D eigenvalue weighted by Gasteiger charge is -2.51. The van der Waals surface area contributed by atoms with E-state index < -0.39 is 23.8 Å². The molecule has 6 aliphatic heterocycles. The summed E-state index contributed by atoms with van der Waals surface area (Å²) in [6, 6.07) is 3.16. The highest BCUT2D eigenvalue weighted by Gasteiger charge is 2.41. The monoisotopic (exact) mass is 736 g/mol. The van der Waals surface area contributed by atoms with Crippen molar-refractivity contribution in [3.63, 3.8) is 0 Å². The number of likely N-dealkylation sites (tertiary alicyclic amines) is 1. The van der Waals surface area contributed by atoms with Crippen molar-refractivity contribution in [1.29, 1.82) is 0 Å². The molecule has 272 valence electrons. The molecule has 5 saturated heterocycles. The molecule has 11 nitrogen and oxygen atoms in total. The molecule has 16 heteroatoms. The van der Waals surface area contributed by atoms with Crippen LogP contribution in [0.5, 0.6) is 0 Å². The third-order valence-electron chi connectivity index (χ3n) is 11.2. The van der Waals surface area contributed by atoms with Gasteiger partial charge in [0, 0.05) is 76.9 Å².